The van der Waals surface area contributed by atoms with Gasteiger partial charge in [-0.3, -0.25) is 4.79 Å². The highest BCUT2D eigenvalue weighted by Crippen LogP contribution is 2.24. The summed E-state index contributed by atoms with van der Waals surface area (Å²) >= 11 is 3.53. The van der Waals surface area contributed by atoms with Crippen LogP contribution in [0.1, 0.15) is 35.5 Å². The molecule has 0 aliphatic rings. The molecule has 2 aromatic rings. The molecular formula is C16H18BrNO3. The SMILES string of the molecule is CCOC(=O)c1c(C)n(C)c2cc(Br)c(CC)cc2c1=O. The zero-order chi connectivity index (χ0) is 15.7. The van der Waals surface area contributed by atoms with E-state index in [0.717, 1.165) is 22.0 Å². The first-order valence-corrected chi connectivity index (χ1v) is 7.70. The van der Waals surface area contributed by atoms with Gasteiger partial charge in [-0.2, -0.15) is 0 Å². The van der Waals surface area contributed by atoms with Gasteiger partial charge in [-0.15, -0.1) is 0 Å². The Morgan fingerprint density at radius 3 is 2.57 bits per heavy atom. The Balaban J connectivity index is 2.88. The number of carbonyl (C=O) groups excluding carboxylic acids is 1. The number of nitrogens with zero attached hydrogens (tertiary/aromatic N) is 1. The van der Waals surface area contributed by atoms with Gasteiger partial charge in [0.15, 0.2) is 0 Å². The summed E-state index contributed by atoms with van der Waals surface area (Å²) < 4.78 is 7.83. The van der Waals surface area contributed by atoms with E-state index >= 15 is 0 Å². The highest BCUT2D eigenvalue weighted by atomic mass is 79.9. The fraction of sp³-hybridized carbons (Fsp3) is 0.375. The summed E-state index contributed by atoms with van der Waals surface area (Å²) in [5.41, 5.74) is 2.31. The highest BCUT2D eigenvalue weighted by Gasteiger charge is 2.20. The maximum atomic E-state index is 12.7. The summed E-state index contributed by atoms with van der Waals surface area (Å²) in [4.78, 5) is 24.7. The predicted octanol–water partition coefficient (Wildman–Crippen LogP) is 3.35. The van der Waals surface area contributed by atoms with Crippen LogP contribution in [0.3, 0.4) is 0 Å². The van der Waals surface area contributed by atoms with Crippen molar-refractivity contribution in [1.29, 1.82) is 0 Å². The molecular weight excluding hydrogens is 334 g/mol. The van der Waals surface area contributed by atoms with E-state index in [1.165, 1.54) is 0 Å². The first kappa shape index (κ1) is 15.8. The molecule has 21 heavy (non-hydrogen) atoms. The van der Waals surface area contributed by atoms with E-state index in [9.17, 15) is 9.59 Å². The molecule has 0 spiro atoms. The van der Waals surface area contributed by atoms with Crippen molar-refractivity contribution in [2.45, 2.75) is 27.2 Å². The van der Waals surface area contributed by atoms with Gasteiger partial charge in [-0.05, 0) is 38.0 Å². The van der Waals surface area contributed by atoms with Crippen molar-refractivity contribution in [3.05, 3.63) is 43.6 Å². The van der Waals surface area contributed by atoms with Gasteiger partial charge in [0.05, 0.1) is 12.1 Å². The molecule has 0 amide bonds. The summed E-state index contributed by atoms with van der Waals surface area (Å²) in [6.07, 6.45) is 0.808. The zero-order valence-electron chi connectivity index (χ0n) is 12.6. The molecule has 1 aromatic heterocycles. The Morgan fingerprint density at radius 2 is 2.00 bits per heavy atom. The molecule has 0 aliphatic carbocycles. The van der Waals surface area contributed by atoms with Crippen LogP contribution >= 0.6 is 15.9 Å². The zero-order valence-corrected chi connectivity index (χ0v) is 14.2. The number of carbonyl (C=O) groups is 1. The lowest BCUT2D eigenvalue weighted by Gasteiger charge is -2.15. The maximum absolute atomic E-state index is 12.7. The van der Waals surface area contributed by atoms with Crippen LogP contribution in [0.4, 0.5) is 0 Å². The number of aryl methyl sites for hydroxylation is 2. The molecule has 0 bridgehead atoms. The number of rotatable bonds is 3. The topological polar surface area (TPSA) is 48.3 Å². The average molecular weight is 352 g/mol. The third kappa shape index (κ3) is 2.62. The van der Waals surface area contributed by atoms with Crippen molar-refractivity contribution in [3.63, 3.8) is 0 Å². The van der Waals surface area contributed by atoms with Crippen LogP contribution in [-0.2, 0) is 18.2 Å². The minimum atomic E-state index is -0.557. The standard InChI is InChI=1S/C16H18BrNO3/c1-5-10-7-11-13(8-12(10)17)18(4)9(3)14(15(11)19)16(20)21-6-2/h7-8H,5-6H2,1-4H3. The average Bonchev–Trinajstić information content (AvgIpc) is 2.45. The van der Waals surface area contributed by atoms with Crippen LogP contribution in [-0.4, -0.2) is 17.1 Å². The molecule has 4 nitrogen and oxygen atoms in total. The van der Waals surface area contributed by atoms with E-state index in [4.69, 9.17) is 4.74 Å². The number of pyridine rings is 1. The summed E-state index contributed by atoms with van der Waals surface area (Å²) in [7, 11) is 1.85. The van der Waals surface area contributed by atoms with E-state index < -0.39 is 5.97 Å². The quantitative estimate of drug-likeness (QED) is 0.796. The van der Waals surface area contributed by atoms with Gasteiger partial charge in [-0.1, -0.05) is 22.9 Å². The summed E-state index contributed by atoms with van der Waals surface area (Å²) in [5.74, 6) is -0.557. The van der Waals surface area contributed by atoms with Gasteiger partial charge in [0, 0.05) is 22.6 Å². The maximum Gasteiger partial charge on any atom is 0.343 e. The third-order valence-electron chi connectivity index (χ3n) is 3.72. The molecule has 0 radical (unpaired) electrons. The van der Waals surface area contributed by atoms with E-state index in [1.807, 2.05) is 30.7 Å². The lowest BCUT2D eigenvalue weighted by molar-refractivity contribution is 0.0523. The van der Waals surface area contributed by atoms with Crippen molar-refractivity contribution >= 4 is 32.8 Å². The van der Waals surface area contributed by atoms with E-state index in [2.05, 4.69) is 15.9 Å². The number of fused-ring (bicyclic) bond motifs is 1. The molecule has 1 aromatic carbocycles. The molecule has 5 heteroatoms. The lowest BCUT2D eigenvalue weighted by Crippen LogP contribution is -2.23. The number of halogens is 1. The Kier molecular flexibility index (Phi) is 4.52. The fourth-order valence-corrected chi connectivity index (χ4v) is 3.04. The summed E-state index contributed by atoms with van der Waals surface area (Å²) in [6, 6.07) is 3.78. The molecule has 0 unspecified atom stereocenters. The number of esters is 1. The molecule has 0 N–H and O–H groups in total. The minimum absolute atomic E-state index is 0.122. The Morgan fingerprint density at radius 1 is 1.33 bits per heavy atom. The molecule has 0 aliphatic heterocycles. The lowest BCUT2D eigenvalue weighted by atomic mass is 10.0. The van der Waals surface area contributed by atoms with Crippen molar-refractivity contribution in [2.75, 3.05) is 6.61 Å². The van der Waals surface area contributed by atoms with Crippen molar-refractivity contribution < 1.29 is 9.53 Å². The molecule has 112 valence electrons. The van der Waals surface area contributed by atoms with Crippen LogP contribution in [0, 0.1) is 6.92 Å². The molecule has 2 rings (SSSR count). The molecule has 0 saturated carbocycles. The normalized spacial score (nSPS) is 10.9. The number of benzene rings is 1. The van der Waals surface area contributed by atoms with Gasteiger partial charge in [-0.25, -0.2) is 4.79 Å². The largest absolute Gasteiger partial charge is 0.462 e. The minimum Gasteiger partial charge on any atom is -0.462 e. The second kappa shape index (κ2) is 6.02. The molecule has 0 fully saturated rings. The second-order valence-corrected chi connectivity index (χ2v) is 5.74. The monoisotopic (exact) mass is 351 g/mol. The van der Waals surface area contributed by atoms with Gasteiger partial charge < -0.3 is 9.30 Å². The van der Waals surface area contributed by atoms with Crippen molar-refractivity contribution in [3.8, 4) is 0 Å². The summed E-state index contributed by atoms with van der Waals surface area (Å²) in [5, 5.41) is 0.547. The van der Waals surface area contributed by atoms with Crippen LogP contribution in [0.25, 0.3) is 10.9 Å². The fourth-order valence-electron chi connectivity index (χ4n) is 2.43. The third-order valence-corrected chi connectivity index (χ3v) is 4.46. The predicted molar refractivity (Wildman–Crippen MR) is 87.0 cm³/mol. The van der Waals surface area contributed by atoms with E-state index in [1.54, 1.807) is 13.8 Å². The summed E-state index contributed by atoms with van der Waals surface area (Å²) in [6.45, 7) is 5.76. The first-order valence-electron chi connectivity index (χ1n) is 6.91. The molecule has 1 heterocycles. The van der Waals surface area contributed by atoms with Crippen LogP contribution < -0.4 is 5.43 Å². The molecule has 0 saturated heterocycles. The van der Waals surface area contributed by atoms with Gasteiger partial charge in [0.25, 0.3) is 0 Å². The van der Waals surface area contributed by atoms with E-state index in [0.29, 0.717) is 11.1 Å². The number of aromatic nitrogens is 1. The van der Waals surface area contributed by atoms with E-state index in [-0.39, 0.29) is 17.6 Å². The van der Waals surface area contributed by atoms with Gasteiger partial charge in [0.2, 0.25) is 5.43 Å². The van der Waals surface area contributed by atoms with Crippen LogP contribution in [0.15, 0.2) is 21.4 Å². The van der Waals surface area contributed by atoms with Crippen molar-refractivity contribution in [2.24, 2.45) is 7.05 Å². The smallest absolute Gasteiger partial charge is 0.343 e. The Bertz CT molecular complexity index is 777. The van der Waals surface area contributed by atoms with Crippen molar-refractivity contribution in [1.82, 2.24) is 4.57 Å². The molecule has 0 atom stereocenters. The van der Waals surface area contributed by atoms with Crippen LogP contribution in [0.2, 0.25) is 0 Å². The Hall–Kier alpha value is -1.62. The van der Waals surface area contributed by atoms with Crippen LogP contribution in [0.5, 0.6) is 0 Å². The highest BCUT2D eigenvalue weighted by molar-refractivity contribution is 9.10. The second-order valence-electron chi connectivity index (χ2n) is 4.88. The van der Waals surface area contributed by atoms with Gasteiger partial charge in [0.1, 0.15) is 5.56 Å². The number of hydrogen-bond acceptors (Lipinski definition) is 3. The first-order chi connectivity index (χ1) is 9.92. The number of hydrogen-bond donors (Lipinski definition) is 0. The van der Waals surface area contributed by atoms with Gasteiger partial charge >= 0.3 is 5.97 Å². The number of ether oxygens (including phenoxy) is 1. The Labute approximate surface area is 131 Å².